The molecule has 30 valence electrons. The Bertz CT molecular complexity index is 3.25. The summed E-state index contributed by atoms with van der Waals surface area (Å²) in [4.78, 5) is 0. The molecule has 9 N–H and O–H groups in total. The molecule has 3 nitrogen and oxygen atoms in total. The first kappa shape index (κ1) is 137. The summed E-state index contributed by atoms with van der Waals surface area (Å²) in [7, 11) is 0. The van der Waals surface area contributed by atoms with Crippen LogP contribution in [0.2, 0.25) is 0 Å². The Hall–Kier alpha value is 0.679. The van der Waals surface area contributed by atoms with Gasteiger partial charge in [0.15, 0.2) is 0 Å². The molecule has 0 saturated carbocycles. The van der Waals surface area contributed by atoms with Crippen molar-refractivity contribution in [3.8, 4) is 0 Å². The molecule has 0 atom stereocenters. The van der Waals surface area contributed by atoms with Gasteiger partial charge in [-0.2, -0.15) is 0 Å². The van der Waals surface area contributed by atoms with Crippen LogP contribution in [-0.4, -0.2) is 23.9 Å². The summed E-state index contributed by atoms with van der Waals surface area (Å²) in [5.41, 5.74) is 0. The molecule has 0 aliphatic heterocycles. The Labute approximate surface area is 42.9 Å². The average Bonchev–Trinajstić information content (AvgIpc) is 0. The molecule has 0 amide bonds. The van der Waals surface area contributed by atoms with E-state index in [0.717, 1.165) is 0 Å². The Kier molecular flexibility index (Phi) is 1970. The third-order valence-electron chi connectivity index (χ3n) is 0. The van der Waals surface area contributed by atoms with Gasteiger partial charge in [-0.1, -0.05) is 0 Å². The van der Waals surface area contributed by atoms with Gasteiger partial charge in [0.1, 0.15) is 0 Å². The SMILES string of the molecule is N.N.N.[SnH2]. The first-order valence-corrected chi connectivity index (χ1v) is 0. The molecule has 0 aromatic heterocycles. The van der Waals surface area contributed by atoms with Gasteiger partial charge < -0.3 is 18.5 Å². The van der Waals surface area contributed by atoms with Crippen LogP contribution in [0.3, 0.4) is 0 Å². The van der Waals surface area contributed by atoms with Gasteiger partial charge in [-0.05, 0) is 0 Å². The van der Waals surface area contributed by atoms with Gasteiger partial charge in [-0.15, -0.1) is 0 Å². The van der Waals surface area contributed by atoms with Gasteiger partial charge in [-0.25, -0.2) is 0 Å². The van der Waals surface area contributed by atoms with Crippen molar-refractivity contribution in [2.45, 2.75) is 0 Å². The van der Waals surface area contributed by atoms with Crippen molar-refractivity contribution in [2.75, 3.05) is 0 Å². The summed E-state index contributed by atoms with van der Waals surface area (Å²) in [6, 6.07) is 0. The predicted octanol–water partition coefficient (Wildman–Crippen LogP) is -0.430. The zero-order chi connectivity index (χ0) is 0. The van der Waals surface area contributed by atoms with Crippen LogP contribution in [0.5, 0.6) is 0 Å². The van der Waals surface area contributed by atoms with Crippen molar-refractivity contribution in [1.29, 1.82) is 0 Å². The van der Waals surface area contributed by atoms with Gasteiger partial charge in [0.25, 0.3) is 0 Å². The molecule has 2 radical (unpaired) electrons. The topological polar surface area (TPSA) is 105 Å². The van der Waals surface area contributed by atoms with Crippen molar-refractivity contribution < 1.29 is 0 Å². The van der Waals surface area contributed by atoms with E-state index in [1.165, 1.54) is 0 Å². The molecule has 0 saturated heterocycles. The molecule has 4 heavy (non-hydrogen) atoms. The van der Waals surface area contributed by atoms with E-state index in [1.54, 1.807) is 0 Å². The first-order chi connectivity index (χ1) is 0. The number of hydrogen-bond acceptors (Lipinski definition) is 3. The van der Waals surface area contributed by atoms with Crippen LogP contribution < -0.4 is 18.5 Å². The monoisotopic (exact) mass is 173 g/mol. The van der Waals surface area contributed by atoms with Crippen LogP contribution in [0.1, 0.15) is 0 Å². The molecule has 0 aromatic carbocycles. The number of hydrogen-bond donors (Lipinski definition) is 3. The van der Waals surface area contributed by atoms with Gasteiger partial charge in [0.2, 0.25) is 0 Å². The molecule has 0 rings (SSSR count). The van der Waals surface area contributed by atoms with E-state index in [9.17, 15) is 0 Å². The molecule has 0 aliphatic carbocycles. The standard InChI is InChI=1S/3H3N.Sn.2H/h3*1H3;;;. The first-order valence-electron chi connectivity index (χ1n) is 0. The Morgan fingerprint density at radius 3 is 0.500 bits per heavy atom. The van der Waals surface area contributed by atoms with E-state index in [2.05, 4.69) is 0 Å². The summed E-state index contributed by atoms with van der Waals surface area (Å²) < 4.78 is 0. The van der Waals surface area contributed by atoms with E-state index >= 15 is 0 Å². The fourth-order valence-corrected chi connectivity index (χ4v) is 0. The zero-order valence-corrected chi connectivity index (χ0v) is 6.86. The molecular formula is H11N3Sn. The summed E-state index contributed by atoms with van der Waals surface area (Å²) in [6.07, 6.45) is 0. The summed E-state index contributed by atoms with van der Waals surface area (Å²) in [6.45, 7) is 0. The molecule has 0 fully saturated rings. The molecule has 0 spiro atoms. The third kappa shape index (κ3) is 16.4. The second kappa shape index (κ2) is 57.3. The summed E-state index contributed by atoms with van der Waals surface area (Å²) in [5.74, 6) is 0. The van der Waals surface area contributed by atoms with Crippen molar-refractivity contribution in [3.63, 3.8) is 0 Å². The maximum atomic E-state index is 0. The van der Waals surface area contributed by atoms with Crippen LogP contribution >= 0.6 is 0 Å². The molecule has 0 heterocycles. The van der Waals surface area contributed by atoms with Crippen LogP contribution in [0.15, 0.2) is 0 Å². The minimum absolute atomic E-state index is 0. The minimum atomic E-state index is 0. The van der Waals surface area contributed by atoms with E-state index in [4.69, 9.17) is 0 Å². The van der Waals surface area contributed by atoms with Crippen molar-refractivity contribution in [3.05, 3.63) is 0 Å². The van der Waals surface area contributed by atoms with Crippen LogP contribution in [-0.2, 0) is 0 Å². The van der Waals surface area contributed by atoms with E-state index in [-0.39, 0.29) is 42.4 Å². The molecular weight excluding hydrogens is 161 g/mol. The van der Waals surface area contributed by atoms with Gasteiger partial charge >= 0.3 is 23.9 Å². The van der Waals surface area contributed by atoms with Crippen LogP contribution in [0.4, 0.5) is 0 Å². The van der Waals surface area contributed by atoms with Gasteiger partial charge in [0, 0.05) is 0 Å². The van der Waals surface area contributed by atoms with Crippen LogP contribution in [0, 0.1) is 0 Å². The second-order valence-electron chi connectivity index (χ2n) is 0. The normalized spacial score (nSPS) is 0. The molecule has 0 aromatic rings. The third-order valence-corrected chi connectivity index (χ3v) is 0. The van der Waals surface area contributed by atoms with Crippen molar-refractivity contribution >= 4 is 23.9 Å². The zero-order valence-electron chi connectivity index (χ0n) is 2.83. The second-order valence-corrected chi connectivity index (χ2v) is 0. The maximum absolute atomic E-state index is 0. The fourth-order valence-electron chi connectivity index (χ4n) is 0. The van der Waals surface area contributed by atoms with Crippen LogP contribution in [0.25, 0.3) is 0 Å². The van der Waals surface area contributed by atoms with Crippen molar-refractivity contribution in [2.24, 2.45) is 0 Å². The molecule has 0 unspecified atom stereocenters. The Morgan fingerprint density at radius 1 is 0.500 bits per heavy atom. The summed E-state index contributed by atoms with van der Waals surface area (Å²) in [5, 5.41) is 0. The van der Waals surface area contributed by atoms with E-state index in [1.807, 2.05) is 0 Å². The van der Waals surface area contributed by atoms with E-state index in [0.29, 0.717) is 0 Å². The van der Waals surface area contributed by atoms with Gasteiger partial charge in [-0.3, -0.25) is 0 Å². The number of rotatable bonds is 0. The Morgan fingerprint density at radius 2 is 0.500 bits per heavy atom. The predicted molar refractivity (Wildman–Crippen MR) is 23.6 cm³/mol. The molecule has 4 heteroatoms. The van der Waals surface area contributed by atoms with E-state index < -0.39 is 0 Å². The fraction of sp³-hybridized carbons (Fsp3) is 0. The van der Waals surface area contributed by atoms with Crippen molar-refractivity contribution in [1.82, 2.24) is 18.5 Å². The average molecular weight is 172 g/mol. The molecule has 0 aliphatic rings. The quantitative estimate of drug-likeness (QED) is 0.431. The molecule has 0 bridgehead atoms. The Balaban J connectivity index is 0. The van der Waals surface area contributed by atoms with Gasteiger partial charge in [0.05, 0.1) is 0 Å². The summed E-state index contributed by atoms with van der Waals surface area (Å²) >= 11 is 0.